The zero-order chi connectivity index (χ0) is 25.0. The molecule has 14 nitrogen and oxygen atoms in total. The summed E-state index contributed by atoms with van der Waals surface area (Å²) in [5.41, 5.74) is 7.24. The van der Waals surface area contributed by atoms with Crippen molar-refractivity contribution in [2.75, 3.05) is 12.3 Å². The number of carboxylic acid groups (broad SMARTS) is 1. The van der Waals surface area contributed by atoms with E-state index in [1.54, 1.807) is 24.9 Å². The number of nitrogens with zero attached hydrogens (tertiary/aromatic N) is 3. The van der Waals surface area contributed by atoms with E-state index < -0.39 is 39.7 Å². The number of aliphatic carboxylic acids is 1. The summed E-state index contributed by atoms with van der Waals surface area (Å²) in [7, 11) is -10.2. The number of thioether (sulfide) groups is 1. The minimum absolute atomic E-state index is 0.0115. The molecule has 3 unspecified atom stereocenters. The summed E-state index contributed by atoms with van der Waals surface area (Å²) < 4.78 is 30.8. The number of nitrogens with two attached hydrogens (primary N) is 1. The van der Waals surface area contributed by atoms with Gasteiger partial charge in [0.25, 0.3) is 0 Å². The van der Waals surface area contributed by atoms with Crippen LogP contribution in [0, 0.1) is 6.92 Å². The van der Waals surface area contributed by atoms with E-state index in [9.17, 15) is 23.9 Å². The van der Waals surface area contributed by atoms with Gasteiger partial charge in [-0.1, -0.05) is 0 Å². The SMILES string of the molecule is CC1=C(CCOP(=O)(O)OP(=O)(O)O)SC(C(O)CCC(=O)O)N1Cc1cnc(C)nc1N. The van der Waals surface area contributed by atoms with Crippen LogP contribution in [0.1, 0.15) is 37.6 Å². The van der Waals surface area contributed by atoms with E-state index in [0.717, 1.165) is 0 Å². The van der Waals surface area contributed by atoms with Crippen LogP contribution in [0.3, 0.4) is 0 Å². The molecule has 0 aliphatic carbocycles. The summed E-state index contributed by atoms with van der Waals surface area (Å²) in [5.74, 6) is -0.311. The molecule has 33 heavy (non-hydrogen) atoms. The average Bonchev–Trinajstić information content (AvgIpc) is 2.96. The fraction of sp³-hybridized carbons (Fsp3) is 0.562. The third-order valence-electron chi connectivity index (χ3n) is 4.54. The largest absolute Gasteiger partial charge is 0.481 e. The summed E-state index contributed by atoms with van der Waals surface area (Å²) >= 11 is 1.21. The molecule has 186 valence electrons. The second-order valence-corrected chi connectivity index (χ2v) is 11.1. The molecule has 0 fully saturated rings. The summed E-state index contributed by atoms with van der Waals surface area (Å²) in [4.78, 5) is 48.4. The van der Waals surface area contributed by atoms with Gasteiger partial charge in [0.05, 0.1) is 12.7 Å². The van der Waals surface area contributed by atoms with Crippen molar-refractivity contribution in [2.45, 2.75) is 51.1 Å². The number of phosphoric acid groups is 2. The van der Waals surface area contributed by atoms with Gasteiger partial charge in [-0.05, 0) is 20.3 Å². The van der Waals surface area contributed by atoms with Gasteiger partial charge in [-0.25, -0.2) is 19.1 Å². The fourth-order valence-electron chi connectivity index (χ4n) is 3.02. The average molecular weight is 528 g/mol. The number of aliphatic hydroxyl groups excluding tert-OH is 1. The maximum absolute atomic E-state index is 11.6. The van der Waals surface area contributed by atoms with E-state index in [1.165, 1.54) is 11.8 Å². The summed E-state index contributed by atoms with van der Waals surface area (Å²) in [6, 6.07) is 0. The Morgan fingerprint density at radius 2 is 2.00 bits per heavy atom. The smallest absolute Gasteiger partial charge is 0.481 e. The number of carboxylic acids is 1. The van der Waals surface area contributed by atoms with E-state index in [4.69, 9.17) is 20.6 Å². The Kier molecular flexibility index (Phi) is 9.45. The molecule has 0 spiro atoms. The standard InChI is InChI=1S/C16H26N4O10P2S/c1-9-13(5-6-29-32(27,28)30-31(24,25)26)33-16(12(21)3-4-14(22)23)20(9)8-11-7-18-10(2)19-15(11)17/h7,12,16,21H,3-6,8H2,1-2H3,(H,22,23)(H,27,28)(H2,17,18,19)(H2,24,25,26). The third kappa shape index (κ3) is 8.63. The van der Waals surface area contributed by atoms with Gasteiger partial charge in [0.1, 0.15) is 17.0 Å². The van der Waals surface area contributed by atoms with Crippen molar-refractivity contribution in [2.24, 2.45) is 0 Å². The number of hydrogen-bond acceptors (Lipinski definition) is 11. The van der Waals surface area contributed by atoms with Crippen LogP contribution in [-0.2, 0) is 29.3 Å². The molecule has 0 amide bonds. The van der Waals surface area contributed by atoms with E-state index in [2.05, 4.69) is 18.8 Å². The van der Waals surface area contributed by atoms with Gasteiger partial charge in [-0.2, -0.15) is 4.31 Å². The Hall–Kier alpha value is -1.54. The summed E-state index contributed by atoms with van der Waals surface area (Å²) in [6.07, 6.45) is 0.326. The quantitative estimate of drug-likeness (QED) is 0.210. The molecule has 0 aromatic carbocycles. The van der Waals surface area contributed by atoms with Crippen LogP contribution >= 0.6 is 27.4 Å². The number of carbonyl (C=O) groups is 1. The van der Waals surface area contributed by atoms with Crippen molar-refractivity contribution < 1.29 is 47.7 Å². The number of allylic oxidation sites excluding steroid dienone is 1. The molecular formula is C16H26N4O10P2S. The molecule has 17 heteroatoms. The van der Waals surface area contributed by atoms with E-state index in [1.807, 2.05) is 0 Å². The lowest BCUT2D eigenvalue weighted by Gasteiger charge is -2.31. The van der Waals surface area contributed by atoms with Gasteiger partial charge in [0.2, 0.25) is 0 Å². The van der Waals surface area contributed by atoms with Crippen LogP contribution in [0.2, 0.25) is 0 Å². The maximum atomic E-state index is 11.6. The fourth-order valence-corrected chi connectivity index (χ4v) is 6.04. The lowest BCUT2D eigenvalue weighted by Crippen LogP contribution is -2.37. The Bertz CT molecular complexity index is 1000. The Labute approximate surface area is 193 Å². The number of aliphatic hydroxyl groups is 1. The molecule has 7 N–H and O–H groups in total. The molecule has 0 saturated heterocycles. The number of hydrogen-bond donors (Lipinski definition) is 6. The van der Waals surface area contributed by atoms with Gasteiger partial charge < -0.3 is 35.5 Å². The maximum Gasteiger partial charge on any atom is 0.481 e. The zero-order valence-corrected chi connectivity index (χ0v) is 20.4. The first-order valence-corrected chi connectivity index (χ1v) is 13.4. The van der Waals surface area contributed by atoms with Crippen LogP contribution in [0.4, 0.5) is 5.82 Å². The Morgan fingerprint density at radius 3 is 2.58 bits per heavy atom. The third-order valence-corrected chi connectivity index (χ3v) is 8.32. The number of rotatable bonds is 12. The first kappa shape index (κ1) is 27.7. The van der Waals surface area contributed by atoms with Crippen LogP contribution in [-0.4, -0.2) is 63.8 Å². The monoisotopic (exact) mass is 528 g/mol. The van der Waals surface area contributed by atoms with Gasteiger partial charge in [0.15, 0.2) is 0 Å². The predicted molar refractivity (Wildman–Crippen MR) is 117 cm³/mol. The number of nitrogen functional groups attached to an aromatic ring is 1. The van der Waals surface area contributed by atoms with Crippen molar-refractivity contribution in [1.82, 2.24) is 14.9 Å². The molecule has 0 saturated carbocycles. The van der Waals surface area contributed by atoms with Gasteiger partial charge in [-0.15, -0.1) is 11.8 Å². The van der Waals surface area contributed by atoms with Crippen molar-refractivity contribution in [3.05, 3.63) is 28.2 Å². The molecular weight excluding hydrogens is 502 g/mol. The Balaban J connectivity index is 2.17. The molecule has 0 bridgehead atoms. The van der Waals surface area contributed by atoms with Crippen LogP contribution in [0.25, 0.3) is 0 Å². The normalized spacial score (nSPS) is 19.6. The second kappa shape index (κ2) is 11.3. The highest BCUT2D eigenvalue weighted by molar-refractivity contribution is 8.03. The highest BCUT2D eigenvalue weighted by atomic mass is 32.2. The highest BCUT2D eigenvalue weighted by Crippen LogP contribution is 2.57. The highest BCUT2D eigenvalue weighted by Gasteiger charge is 2.37. The predicted octanol–water partition coefficient (Wildman–Crippen LogP) is 1.32. The minimum Gasteiger partial charge on any atom is -0.481 e. The van der Waals surface area contributed by atoms with E-state index in [-0.39, 0.29) is 31.6 Å². The molecule has 1 aliphatic heterocycles. The van der Waals surface area contributed by atoms with E-state index in [0.29, 0.717) is 22.0 Å². The van der Waals surface area contributed by atoms with Crippen LogP contribution in [0.15, 0.2) is 16.8 Å². The molecule has 2 heterocycles. The number of aryl methyl sites for hydroxylation is 1. The first-order chi connectivity index (χ1) is 15.2. The number of aromatic nitrogens is 2. The van der Waals surface area contributed by atoms with Crippen molar-refractivity contribution in [1.29, 1.82) is 0 Å². The van der Waals surface area contributed by atoms with Crippen molar-refractivity contribution in [3.8, 4) is 0 Å². The Morgan fingerprint density at radius 1 is 1.33 bits per heavy atom. The first-order valence-electron chi connectivity index (χ1n) is 9.53. The van der Waals surface area contributed by atoms with Gasteiger partial charge >= 0.3 is 21.6 Å². The molecule has 1 aromatic heterocycles. The molecule has 2 rings (SSSR count). The number of anilines is 1. The lowest BCUT2D eigenvalue weighted by molar-refractivity contribution is -0.137. The van der Waals surface area contributed by atoms with Gasteiger partial charge in [-0.3, -0.25) is 9.32 Å². The zero-order valence-electron chi connectivity index (χ0n) is 17.8. The summed E-state index contributed by atoms with van der Waals surface area (Å²) in [5, 5.41) is 19.0. The molecule has 0 radical (unpaired) electrons. The van der Waals surface area contributed by atoms with Crippen molar-refractivity contribution in [3.63, 3.8) is 0 Å². The topological polar surface area (TPSA) is 226 Å². The van der Waals surface area contributed by atoms with Crippen LogP contribution in [0.5, 0.6) is 0 Å². The van der Waals surface area contributed by atoms with Crippen molar-refractivity contribution >= 4 is 39.2 Å². The second-order valence-electron chi connectivity index (χ2n) is 7.10. The molecule has 1 aromatic rings. The molecule has 1 aliphatic rings. The van der Waals surface area contributed by atoms with Crippen LogP contribution < -0.4 is 5.73 Å². The number of phosphoric ester groups is 1. The summed E-state index contributed by atoms with van der Waals surface area (Å²) in [6.45, 7) is 3.23. The minimum atomic E-state index is -5.23. The van der Waals surface area contributed by atoms with E-state index >= 15 is 0 Å². The lowest BCUT2D eigenvalue weighted by atomic mass is 10.1. The van der Waals surface area contributed by atoms with Gasteiger partial charge in [0, 0.05) is 41.7 Å². The molecule has 3 atom stereocenters.